The number of hydrogen-bond acceptors (Lipinski definition) is 3. The van der Waals surface area contributed by atoms with E-state index in [9.17, 15) is 12.8 Å². The lowest BCUT2D eigenvalue weighted by Gasteiger charge is -2.01. The van der Waals surface area contributed by atoms with Gasteiger partial charge in [0.1, 0.15) is 5.82 Å². The number of thioether (sulfide) groups is 1. The van der Waals surface area contributed by atoms with E-state index in [1.54, 1.807) is 6.08 Å². The van der Waals surface area contributed by atoms with Gasteiger partial charge in [-0.2, -0.15) is 11.8 Å². The Morgan fingerprint density at radius 2 is 2.13 bits per heavy atom. The number of sulfone groups is 1. The van der Waals surface area contributed by atoms with Gasteiger partial charge in [0.2, 0.25) is 9.84 Å². The van der Waals surface area contributed by atoms with Crippen LogP contribution in [0.5, 0.6) is 0 Å². The smallest absolute Gasteiger partial charge is 0.204 e. The summed E-state index contributed by atoms with van der Waals surface area (Å²) in [5.74, 6) is 0.0177. The average Bonchev–Trinajstić information content (AvgIpc) is 2.39. The predicted molar refractivity (Wildman–Crippen MR) is 59.9 cm³/mol. The Labute approximate surface area is 92.1 Å². The largest absolute Gasteiger partial charge is 0.219 e. The van der Waals surface area contributed by atoms with Crippen LogP contribution in [-0.2, 0) is 9.84 Å². The van der Waals surface area contributed by atoms with Gasteiger partial charge < -0.3 is 0 Å². The van der Waals surface area contributed by atoms with Crippen molar-refractivity contribution in [2.75, 3.05) is 12.0 Å². The summed E-state index contributed by atoms with van der Waals surface area (Å²) in [6, 6.07) is 3.75. The van der Waals surface area contributed by atoms with E-state index in [0.29, 0.717) is 16.2 Å². The molecular weight excluding hydrogens is 235 g/mol. The summed E-state index contributed by atoms with van der Waals surface area (Å²) in [5, 5.41) is 0. The van der Waals surface area contributed by atoms with Crippen molar-refractivity contribution >= 4 is 27.7 Å². The quantitative estimate of drug-likeness (QED) is 0.749. The van der Waals surface area contributed by atoms with Crippen LogP contribution in [0.3, 0.4) is 0 Å². The molecule has 0 atom stereocenters. The molecule has 1 aromatic carbocycles. The fraction of sp³-hybridized carbons (Fsp3) is 0.200. The number of benzene rings is 1. The minimum atomic E-state index is -3.35. The molecule has 0 radical (unpaired) electrons. The normalized spacial score (nSPS) is 17.3. The van der Waals surface area contributed by atoms with E-state index in [0.717, 1.165) is 0 Å². The van der Waals surface area contributed by atoms with Crippen molar-refractivity contribution < 1.29 is 12.8 Å². The maximum absolute atomic E-state index is 12.9. The van der Waals surface area contributed by atoms with E-state index in [4.69, 9.17) is 0 Å². The van der Waals surface area contributed by atoms with Crippen LogP contribution >= 0.6 is 11.8 Å². The third-order valence-corrected chi connectivity index (χ3v) is 4.90. The second-order valence-corrected chi connectivity index (χ2v) is 6.07. The molecule has 1 heterocycles. The monoisotopic (exact) mass is 244 g/mol. The standard InChI is InChI=1S/C10H9FO2S2/c1-14-6-9-5-7-4-8(11)2-3-10(7)15(9,12)13/h2-5H,6H2,1H3. The molecule has 80 valence electrons. The van der Waals surface area contributed by atoms with E-state index in [2.05, 4.69) is 0 Å². The van der Waals surface area contributed by atoms with Crippen LogP contribution in [0.4, 0.5) is 4.39 Å². The minimum absolute atomic E-state index is 0.216. The minimum Gasteiger partial charge on any atom is -0.219 e. The van der Waals surface area contributed by atoms with Crippen LogP contribution in [0.25, 0.3) is 6.08 Å². The Hall–Kier alpha value is -0.810. The molecule has 0 spiro atoms. The number of rotatable bonds is 2. The Morgan fingerprint density at radius 1 is 1.40 bits per heavy atom. The van der Waals surface area contributed by atoms with E-state index < -0.39 is 15.7 Å². The van der Waals surface area contributed by atoms with Crippen LogP contribution in [0.15, 0.2) is 28.0 Å². The fourth-order valence-electron chi connectivity index (χ4n) is 1.53. The van der Waals surface area contributed by atoms with Gasteiger partial charge >= 0.3 is 0 Å². The van der Waals surface area contributed by atoms with Crippen molar-refractivity contribution in [3.05, 3.63) is 34.5 Å². The van der Waals surface area contributed by atoms with Crippen molar-refractivity contribution in [3.63, 3.8) is 0 Å². The Balaban J connectivity index is 2.58. The molecule has 1 aromatic rings. The molecule has 0 fully saturated rings. The molecule has 0 amide bonds. The van der Waals surface area contributed by atoms with E-state index >= 15 is 0 Å². The van der Waals surface area contributed by atoms with E-state index in [-0.39, 0.29) is 4.90 Å². The van der Waals surface area contributed by atoms with Crippen molar-refractivity contribution in [1.82, 2.24) is 0 Å². The van der Waals surface area contributed by atoms with Crippen molar-refractivity contribution in [2.45, 2.75) is 4.90 Å². The first-order valence-corrected chi connectivity index (χ1v) is 7.17. The molecule has 15 heavy (non-hydrogen) atoms. The zero-order valence-corrected chi connectivity index (χ0v) is 9.66. The van der Waals surface area contributed by atoms with Crippen molar-refractivity contribution in [1.29, 1.82) is 0 Å². The average molecular weight is 244 g/mol. The molecule has 0 unspecified atom stereocenters. The summed E-state index contributed by atoms with van der Waals surface area (Å²) in [5.41, 5.74) is 0.457. The molecule has 0 saturated heterocycles. The molecule has 0 N–H and O–H groups in total. The third kappa shape index (κ3) is 1.70. The lowest BCUT2D eigenvalue weighted by Crippen LogP contribution is -2.02. The van der Waals surface area contributed by atoms with E-state index in [1.807, 2.05) is 6.26 Å². The zero-order valence-electron chi connectivity index (χ0n) is 8.03. The third-order valence-electron chi connectivity index (χ3n) is 2.21. The van der Waals surface area contributed by atoms with Gasteiger partial charge in [-0.25, -0.2) is 12.8 Å². The molecule has 1 aliphatic heterocycles. The van der Waals surface area contributed by atoms with Gasteiger partial charge in [0.25, 0.3) is 0 Å². The summed E-state index contributed by atoms with van der Waals surface area (Å²) in [4.78, 5) is 0.573. The van der Waals surface area contributed by atoms with Gasteiger partial charge in [-0.1, -0.05) is 0 Å². The number of halogens is 1. The molecular formula is C10H9FO2S2. The predicted octanol–water partition coefficient (Wildman–Crippen LogP) is 2.32. The van der Waals surface area contributed by atoms with Gasteiger partial charge in [0, 0.05) is 5.75 Å². The molecule has 1 aliphatic rings. The van der Waals surface area contributed by atoms with E-state index in [1.165, 1.54) is 30.0 Å². The van der Waals surface area contributed by atoms with Crippen molar-refractivity contribution in [3.8, 4) is 0 Å². The first-order valence-electron chi connectivity index (χ1n) is 4.30. The molecule has 0 bridgehead atoms. The first kappa shape index (κ1) is 10.7. The maximum atomic E-state index is 12.9. The van der Waals surface area contributed by atoms with Gasteiger partial charge in [-0.05, 0) is 36.1 Å². The fourth-order valence-corrected chi connectivity index (χ4v) is 4.11. The van der Waals surface area contributed by atoms with Gasteiger partial charge in [0.15, 0.2) is 0 Å². The van der Waals surface area contributed by atoms with Crippen LogP contribution in [-0.4, -0.2) is 20.4 Å². The molecule has 2 nitrogen and oxygen atoms in total. The van der Waals surface area contributed by atoms with Crippen LogP contribution in [0, 0.1) is 5.82 Å². The summed E-state index contributed by atoms with van der Waals surface area (Å²) in [6.07, 6.45) is 3.38. The molecule has 0 aliphatic carbocycles. The van der Waals surface area contributed by atoms with Crippen LogP contribution < -0.4 is 0 Å². The zero-order chi connectivity index (χ0) is 11.1. The lowest BCUT2D eigenvalue weighted by molar-refractivity contribution is 0.602. The van der Waals surface area contributed by atoms with Gasteiger partial charge in [0.05, 0.1) is 9.80 Å². The van der Waals surface area contributed by atoms with Crippen LogP contribution in [0.2, 0.25) is 0 Å². The van der Waals surface area contributed by atoms with Crippen LogP contribution in [0.1, 0.15) is 5.56 Å². The highest BCUT2D eigenvalue weighted by Gasteiger charge is 2.28. The number of fused-ring (bicyclic) bond motifs is 1. The SMILES string of the molecule is CSCC1=Cc2cc(F)ccc2S1(=O)=O. The second kappa shape index (κ2) is 3.64. The second-order valence-electron chi connectivity index (χ2n) is 3.23. The molecule has 5 heteroatoms. The topological polar surface area (TPSA) is 34.1 Å². The Kier molecular flexibility index (Phi) is 2.60. The van der Waals surface area contributed by atoms with Gasteiger partial charge in [-0.15, -0.1) is 0 Å². The maximum Gasteiger partial charge on any atom is 0.204 e. The summed E-state index contributed by atoms with van der Waals surface area (Å²) in [7, 11) is -3.35. The highest BCUT2D eigenvalue weighted by molar-refractivity contribution is 8.01. The molecule has 0 aromatic heterocycles. The summed E-state index contributed by atoms with van der Waals surface area (Å²) >= 11 is 1.43. The highest BCUT2D eigenvalue weighted by Crippen LogP contribution is 2.34. The lowest BCUT2D eigenvalue weighted by atomic mass is 10.2. The van der Waals surface area contributed by atoms with Crippen molar-refractivity contribution in [2.24, 2.45) is 0 Å². The molecule has 2 rings (SSSR count). The first-order chi connectivity index (χ1) is 7.05. The molecule has 0 saturated carbocycles. The van der Waals surface area contributed by atoms with Gasteiger partial charge in [-0.3, -0.25) is 0 Å². The Morgan fingerprint density at radius 3 is 2.80 bits per heavy atom. The summed E-state index contributed by atoms with van der Waals surface area (Å²) in [6.45, 7) is 0. The Bertz CT molecular complexity index is 532. The summed E-state index contributed by atoms with van der Waals surface area (Å²) < 4.78 is 36.7. The highest BCUT2D eigenvalue weighted by atomic mass is 32.2. The number of hydrogen-bond donors (Lipinski definition) is 0.